The van der Waals surface area contributed by atoms with Crippen molar-refractivity contribution in [3.8, 4) is 5.75 Å². The molecule has 1 amide bonds. The topological polar surface area (TPSA) is 112 Å². The molecule has 136 valence electrons. The monoisotopic (exact) mass is 378 g/mol. The van der Waals surface area contributed by atoms with Crippen molar-refractivity contribution in [2.45, 2.75) is 11.8 Å². The van der Waals surface area contributed by atoms with E-state index in [1.807, 2.05) is 0 Å². The first-order chi connectivity index (χ1) is 12.2. The fraction of sp³-hybridized carbons (Fsp3) is 0.118. The van der Waals surface area contributed by atoms with E-state index in [-0.39, 0.29) is 27.7 Å². The predicted octanol–water partition coefficient (Wildman–Crippen LogP) is 2.79. The SMILES string of the molecule is COc1ccc(NC(=O)c2oc3c(F)cccc3c2C)cc1S(N)(=O)=O. The van der Waals surface area contributed by atoms with Gasteiger partial charge in [-0.15, -0.1) is 0 Å². The molecule has 3 aromatic rings. The van der Waals surface area contributed by atoms with Gasteiger partial charge in [-0.25, -0.2) is 17.9 Å². The van der Waals surface area contributed by atoms with Crippen LogP contribution >= 0.6 is 0 Å². The number of methoxy groups -OCH3 is 1. The molecular formula is C17H15FN2O5S. The first-order valence-electron chi connectivity index (χ1n) is 7.42. The zero-order valence-corrected chi connectivity index (χ0v) is 14.7. The number of aryl methyl sites for hydroxylation is 1. The van der Waals surface area contributed by atoms with Gasteiger partial charge in [0.2, 0.25) is 10.0 Å². The van der Waals surface area contributed by atoms with Crippen LogP contribution in [0.4, 0.5) is 10.1 Å². The van der Waals surface area contributed by atoms with Gasteiger partial charge in [0.15, 0.2) is 17.2 Å². The second kappa shape index (κ2) is 6.43. The summed E-state index contributed by atoms with van der Waals surface area (Å²) in [4.78, 5) is 12.2. The van der Waals surface area contributed by atoms with Crippen molar-refractivity contribution in [2.24, 2.45) is 5.14 Å². The molecule has 3 rings (SSSR count). The summed E-state index contributed by atoms with van der Waals surface area (Å²) in [6, 6.07) is 8.37. The van der Waals surface area contributed by atoms with Crippen LogP contribution in [-0.2, 0) is 10.0 Å². The van der Waals surface area contributed by atoms with Gasteiger partial charge in [-0.05, 0) is 31.2 Å². The average Bonchev–Trinajstić information content (AvgIpc) is 2.93. The molecule has 0 radical (unpaired) electrons. The van der Waals surface area contributed by atoms with Crippen LogP contribution in [0.5, 0.6) is 5.75 Å². The van der Waals surface area contributed by atoms with Crippen molar-refractivity contribution in [1.82, 2.24) is 0 Å². The number of para-hydroxylation sites is 1. The summed E-state index contributed by atoms with van der Waals surface area (Å²) in [6.45, 7) is 1.63. The molecule has 1 heterocycles. The molecule has 0 bridgehead atoms. The van der Waals surface area contributed by atoms with Crippen LogP contribution in [0.3, 0.4) is 0 Å². The van der Waals surface area contributed by atoms with Crippen molar-refractivity contribution in [1.29, 1.82) is 0 Å². The number of nitrogens with one attached hydrogen (secondary N) is 1. The van der Waals surface area contributed by atoms with Gasteiger partial charge >= 0.3 is 0 Å². The third-order valence-electron chi connectivity index (χ3n) is 3.85. The minimum absolute atomic E-state index is 0.0184. The van der Waals surface area contributed by atoms with Gasteiger partial charge in [0.1, 0.15) is 10.6 Å². The minimum atomic E-state index is -4.05. The van der Waals surface area contributed by atoms with E-state index in [1.165, 1.54) is 37.4 Å². The third-order valence-corrected chi connectivity index (χ3v) is 4.78. The van der Waals surface area contributed by atoms with Crippen LogP contribution in [0.15, 0.2) is 45.7 Å². The van der Waals surface area contributed by atoms with Gasteiger partial charge < -0.3 is 14.5 Å². The first-order valence-corrected chi connectivity index (χ1v) is 8.97. The maximum atomic E-state index is 13.8. The Morgan fingerprint density at radius 2 is 2.00 bits per heavy atom. The number of sulfonamides is 1. The van der Waals surface area contributed by atoms with Crippen LogP contribution in [0, 0.1) is 12.7 Å². The lowest BCUT2D eigenvalue weighted by molar-refractivity contribution is 0.0997. The number of rotatable bonds is 4. The molecule has 0 spiro atoms. The number of anilines is 1. The fourth-order valence-corrected chi connectivity index (χ4v) is 3.31. The second-order valence-corrected chi connectivity index (χ2v) is 7.07. The summed E-state index contributed by atoms with van der Waals surface area (Å²) < 4.78 is 47.4. The molecule has 0 fully saturated rings. The summed E-state index contributed by atoms with van der Waals surface area (Å²) >= 11 is 0. The largest absolute Gasteiger partial charge is 0.495 e. The number of furan rings is 1. The zero-order valence-electron chi connectivity index (χ0n) is 13.9. The second-order valence-electron chi connectivity index (χ2n) is 5.54. The number of hydrogen-bond acceptors (Lipinski definition) is 5. The predicted molar refractivity (Wildman–Crippen MR) is 93.2 cm³/mol. The molecule has 0 aliphatic carbocycles. The van der Waals surface area contributed by atoms with Crippen molar-refractivity contribution in [3.63, 3.8) is 0 Å². The zero-order chi connectivity index (χ0) is 19.1. The number of carbonyl (C=O) groups is 1. The molecule has 26 heavy (non-hydrogen) atoms. The molecule has 0 aliphatic rings. The normalized spacial score (nSPS) is 11.5. The standard InChI is InChI=1S/C17H15FN2O5S/c1-9-11-4-3-5-12(18)16(11)25-15(9)17(21)20-10-6-7-13(24-2)14(8-10)26(19,22)23/h3-8H,1-2H3,(H,20,21)(H2,19,22,23). The Morgan fingerprint density at radius 1 is 1.27 bits per heavy atom. The highest BCUT2D eigenvalue weighted by Gasteiger charge is 2.21. The minimum Gasteiger partial charge on any atom is -0.495 e. The van der Waals surface area contributed by atoms with Crippen molar-refractivity contribution in [3.05, 3.63) is 53.5 Å². The molecule has 0 saturated carbocycles. The quantitative estimate of drug-likeness (QED) is 0.725. The molecule has 0 aliphatic heterocycles. The summed E-state index contributed by atoms with van der Waals surface area (Å²) in [5.41, 5.74) is 0.618. The molecule has 7 nitrogen and oxygen atoms in total. The highest BCUT2D eigenvalue weighted by atomic mass is 32.2. The Hall–Kier alpha value is -2.91. The highest BCUT2D eigenvalue weighted by molar-refractivity contribution is 7.89. The van der Waals surface area contributed by atoms with E-state index in [0.717, 1.165) is 0 Å². The van der Waals surface area contributed by atoms with E-state index in [4.69, 9.17) is 14.3 Å². The van der Waals surface area contributed by atoms with E-state index in [2.05, 4.69) is 5.32 Å². The van der Waals surface area contributed by atoms with E-state index in [9.17, 15) is 17.6 Å². The van der Waals surface area contributed by atoms with Gasteiger partial charge in [-0.2, -0.15) is 0 Å². The van der Waals surface area contributed by atoms with Gasteiger partial charge in [0.05, 0.1) is 7.11 Å². The first kappa shape index (κ1) is 17.9. The lowest BCUT2D eigenvalue weighted by Crippen LogP contribution is -2.16. The third kappa shape index (κ3) is 3.14. The van der Waals surface area contributed by atoms with Gasteiger partial charge in [-0.1, -0.05) is 12.1 Å². The van der Waals surface area contributed by atoms with Crippen LogP contribution in [-0.4, -0.2) is 21.4 Å². The van der Waals surface area contributed by atoms with E-state index >= 15 is 0 Å². The number of amides is 1. The van der Waals surface area contributed by atoms with Crippen LogP contribution in [0.2, 0.25) is 0 Å². The summed E-state index contributed by atoms with van der Waals surface area (Å²) in [7, 11) is -2.75. The Morgan fingerprint density at radius 3 is 2.62 bits per heavy atom. The number of primary sulfonamides is 1. The maximum absolute atomic E-state index is 13.8. The summed E-state index contributed by atoms with van der Waals surface area (Å²) in [5.74, 6) is -1.25. The molecule has 0 atom stereocenters. The van der Waals surface area contributed by atoms with E-state index < -0.39 is 21.7 Å². The van der Waals surface area contributed by atoms with Gasteiger partial charge in [0, 0.05) is 16.6 Å². The number of halogens is 1. The lowest BCUT2D eigenvalue weighted by atomic mass is 10.1. The number of benzene rings is 2. The molecule has 1 aromatic heterocycles. The molecule has 0 saturated heterocycles. The van der Waals surface area contributed by atoms with Crippen molar-refractivity contribution >= 4 is 32.6 Å². The Bertz CT molecular complexity index is 1120. The number of nitrogens with two attached hydrogens (primary N) is 1. The molecule has 2 aromatic carbocycles. The Labute approximate surface area is 148 Å². The summed E-state index contributed by atoms with van der Waals surface area (Å²) in [6.07, 6.45) is 0. The smallest absolute Gasteiger partial charge is 0.291 e. The van der Waals surface area contributed by atoms with Crippen LogP contribution < -0.4 is 15.2 Å². The van der Waals surface area contributed by atoms with Crippen LogP contribution in [0.25, 0.3) is 11.0 Å². The lowest BCUT2D eigenvalue weighted by Gasteiger charge is -2.10. The van der Waals surface area contributed by atoms with E-state index in [0.29, 0.717) is 10.9 Å². The average molecular weight is 378 g/mol. The molecular weight excluding hydrogens is 363 g/mol. The van der Waals surface area contributed by atoms with Crippen molar-refractivity contribution < 1.29 is 26.8 Å². The number of hydrogen-bond donors (Lipinski definition) is 2. The molecule has 0 unspecified atom stereocenters. The Kier molecular flexibility index (Phi) is 4.43. The number of fused-ring (bicyclic) bond motifs is 1. The molecule has 9 heteroatoms. The van der Waals surface area contributed by atoms with E-state index in [1.54, 1.807) is 13.0 Å². The molecule has 3 N–H and O–H groups in total. The van der Waals surface area contributed by atoms with Crippen LogP contribution in [0.1, 0.15) is 16.1 Å². The Balaban J connectivity index is 1.99. The fourth-order valence-electron chi connectivity index (χ4n) is 2.59. The maximum Gasteiger partial charge on any atom is 0.291 e. The number of carbonyl (C=O) groups excluding carboxylic acids is 1. The van der Waals surface area contributed by atoms with Crippen molar-refractivity contribution in [2.75, 3.05) is 12.4 Å². The number of ether oxygens (including phenoxy) is 1. The summed E-state index contributed by atoms with van der Waals surface area (Å²) in [5, 5.41) is 8.15. The van der Waals surface area contributed by atoms with Gasteiger partial charge in [0.25, 0.3) is 5.91 Å². The highest BCUT2D eigenvalue weighted by Crippen LogP contribution is 2.29. The van der Waals surface area contributed by atoms with Gasteiger partial charge in [-0.3, -0.25) is 4.79 Å².